The molecule has 106 valence electrons. The largest absolute Gasteiger partial charge is 0.492 e. The Hall–Kier alpha value is -2.04. The SMILES string of the molecule is O=C(O)C1CCN(C(=O)[C@@H]2COc3ccccc32)CC1. The van der Waals surface area contributed by atoms with Gasteiger partial charge in [0.25, 0.3) is 0 Å². The highest BCUT2D eigenvalue weighted by Crippen LogP contribution is 2.35. The minimum Gasteiger partial charge on any atom is -0.492 e. The van der Waals surface area contributed by atoms with Crippen LogP contribution in [0.15, 0.2) is 24.3 Å². The first kappa shape index (κ1) is 13.0. The number of amides is 1. The molecule has 1 atom stereocenters. The zero-order valence-electron chi connectivity index (χ0n) is 11.1. The van der Waals surface area contributed by atoms with Crippen LogP contribution in [0.5, 0.6) is 5.75 Å². The molecule has 3 rings (SSSR count). The van der Waals surface area contributed by atoms with Crippen LogP contribution in [0, 0.1) is 5.92 Å². The topological polar surface area (TPSA) is 66.8 Å². The van der Waals surface area contributed by atoms with E-state index in [1.54, 1.807) is 4.90 Å². The molecule has 2 heterocycles. The number of carboxylic acid groups (broad SMARTS) is 1. The number of piperidine rings is 1. The summed E-state index contributed by atoms with van der Waals surface area (Å²) in [5.41, 5.74) is 0.942. The smallest absolute Gasteiger partial charge is 0.306 e. The van der Waals surface area contributed by atoms with E-state index in [1.165, 1.54) is 0 Å². The molecule has 0 unspecified atom stereocenters. The summed E-state index contributed by atoms with van der Waals surface area (Å²) in [6, 6.07) is 7.60. The highest BCUT2D eigenvalue weighted by Gasteiger charge is 2.35. The number of carbonyl (C=O) groups is 2. The van der Waals surface area contributed by atoms with E-state index in [1.807, 2.05) is 24.3 Å². The van der Waals surface area contributed by atoms with Gasteiger partial charge in [-0.05, 0) is 18.9 Å². The molecule has 1 N–H and O–H groups in total. The van der Waals surface area contributed by atoms with Crippen molar-refractivity contribution < 1.29 is 19.4 Å². The van der Waals surface area contributed by atoms with Gasteiger partial charge in [-0.1, -0.05) is 18.2 Å². The molecule has 1 fully saturated rings. The molecule has 0 aliphatic carbocycles. The van der Waals surface area contributed by atoms with Crippen molar-refractivity contribution in [2.45, 2.75) is 18.8 Å². The van der Waals surface area contributed by atoms with Gasteiger partial charge in [0.15, 0.2) is 0 Å². The molecule has 0 radical (unpaired) electrons. The summed E-state index contributed by atoms with van der Waals surface area (Å²) in [6.45, 7) is 1.43. The van der Waals surface area contributed by atoms with Crippen LogP contribution in [0.4, 0.5) is 0 Å². The number of hydrogen-bond donors (Lipinski definition) is 1. The van der Waals surface area contributed by atoms with E-state index in [4.69, 9.17) is 9.84 Å². The van der Waals surface area contributed by atoms with Crippen molar-refractivity contribution in [3.8, 4) is 5.75 Å². The van der Waals surface area contributed by atoms with Crippen LogP contribution in [-0.4, -0.2) is 41.6 Å². The molecule has 0 spiro atoms. The number of carbonyl (C=O) groups excluding carboxylic acids is 1. The molecule has 1 aromatic carbocycles. The zero-order chi connectivity index (χ0) is 14.1. The third kappa shape index (κ3) is 2.24. The van der Waals surface area contributed by atoms with Crippen molar-refractivity contribution in [1.82, 2.24) is 4.90 Å². The van der Waals surface area contributed by atoms with E-state index in [2.05, 4.69) is 0 Å². The van der Waals surface area contributed by atoms with Crippen molar-refractivity contribution in [3.63, 3.8) is 0 Å². The lowest BCUT2D eigenvalue weighted by molar-refractivity contribution is -0.146. The van der Waals surface area contributed by atoms with Crippen LogP contribution in [-0.2, 0) is 9.59 Å². The third-order valence-corrected chi connectivity index (χ3v) is 4.15. The molecule has 2 aliphatic rings. The average molecular weight is 275 g/mol. The Kier molecular flexibility index (Phi) is 3.34. The maximum absolute atomic E-state index is 12.5. The number of fused-ring (bicyclic) bond motifs is 1. The Balaban J connectivity index is 1.68. The second-order valence-corrected chi connectivity index (χ2v) is 5.34. The molecule has 20 heavy (non-hydrogen) atoms. The van der Waals surface area contributed by atoms with Gasteiger partial charge in [-0.3, -0.25) is 9.59 Å². The summed E-state index contributed by atoms with van der Waals surface area (Å²) in [5.74, 6) is -0.476. The highest BCUT2D eigenvalue weighted by molar-refractivity contribution is 5.86. The number of likely N-dealkylation sites (tertiary alicyclic amines) is 1. The maximum Gasteiger partial charge on any atom is 0.306 e. The summed E-state index contributed by atoms with van der Waals surface area (Å²) in [7, 11) is 0. The first-order valence-electron chi connectivity index (χ1n) is 6.90. The first-order valence-corrected chi connectivity index (χ1v) is 6.90. The zero-order valence-corrected chi connectivity index (χ0v) is 11.1. The van der Waals surface area contributed by atoms with Gasteiger partial charge in [0, 0.05) is 18.7 Å². The molecule has 1 amide bonds. The van der Waals surface area contributed by atoms with Crippen LogP contribution in [0.25, 0.3) is 0 Å². The minimum atomic E-state index is -0.758. The van der Waals surface area contributed by atoms with Crippen LogP contribution in [0.3, 0.4) is 0 Å². The summed E-state index contributed by atoms with van der Waals surface area (Å²) in [6.07, 6.45) is 1.08. The number of rotatable bonds is 2. The lowest BCUT2D eigenvalue weighted by Gasteiger charge is -2.31. The van der Waals surface area contributed by atoms with Gasteiger partial charge in [0.1, 0.15) is 18.3 Å². The number of aliphatic carboxylic acids is 1. The second kappa shape index (κ2) is 5.15. The maximum atomic E-state index is 12.5. The molecular weight excluding hydrogens is 258 g/mol. The summed E-state index contributed by atoms with van der Waals surface area (Å²) < 4.78 is 5.54. The number of para-hydroxylation sites is 1. The fraction of sp³-hybridized carbons (Fsp3) is 0.467. The summed E-state index contributed by atoms with van der Waals surface area (Å²) in [4.78, 5) is 25.2. The summed E-state index contributed by atoms with van der Waals surface area (Å²) in [5, 5.41) is 8.98. The van der Waals surface area contributed by atoms with E-state index < -0.39 is 5.97 Å². The Labute approximate surface area is 117 Å². The van der Waals surface area contributed by atoms with E-state index in [-0.39, 0.29) is 17.7 Å². The third-order valence-electron chi connectivity index (χ3n) is 4.15. The van der Waals surface area contributed by atoms with E-state index in [0.29, 0.717) is 32.5 Å². The lowest BCUT2D eigenvalue weighted by Crippen LogP contribution is -2.42. The Morgan fingerprint density at radius 3 is 2.60 bits per heavy atom. The molecule has 1 saturated heterocycles. The van der Waals surface area contributed by atoms with Crippen LogP contribution in [0.2, 0.25) is 0 Å². The van der Waals surface area contributed by atoms with Crippen LogP contribution < -0.4 is 4.74 Å². The van der Waals surface area contributed by atoms with Crippen molar-refractivity contribution in [1.29, 1.82) is 0 Å². The molecular formula is C15H17NO4. The van der Waals surface area contributed by atoms with Gasteiger partial charge in [0.05, 0.1) is 5.92 Å². The van der Waals surface area contributed by atoms with E-state index in [9.17, 15) is 9.59 Å². The fourth-order valence-electron chi connectivity index (χ4n) is 2.93. The predicted octanol–water partition coefficient (Wildman–Crippen LogP) is 1.49. The van der Waals surface area contributed by atoms with Gasteiger partial charge in [0.2, 0.25) is 5.91 Å². The van der Waals surface area contributed by atoms with Crippen LogP contribution >= 0.6 is 0 Å². The van der Waals surface area contributed by atoms with Gasteiger partial charge in [-0.2, -0.15) is 0 Å². The molecule has 1 aromatic rings. The summed E-state index contributed by atoms with van der Waals surface area (Å²) >= 11 is 0. The van der Waals surface area contributed by atoms with Gasteiger partial charge >= 0.3 is 5.97 Å². The molecule has 5 nitrogen and oxygen atoms in total. The number of nitrogens with zero attached hydrogens (tertiary/aromatic N) is 1. The second-order valence-electron chi connectivity index (χ2n) is 5.34. The number of carboxylic acids is 1. The minimum absolute atomic E-state index is 0.0544. The van der Waals surface area contributed by atoms with Crippen molar-refractivity contribution >= 4 is 11.9 Å². The quantitative estimate of drug-likeness (QED) is 0.888. The molecule has 0 bridgehead atoms. The Bertz CT molecular complexity index is 534. The fourth-order valence-corrected chi connectivity index (χ4v) is 2.93. The van der Waals surface area contributed by atoms with Crippen LogP contribution in [0.1, 0.15) is 24.3 Å². The van der Waals surface area contributed by atoms with Crippen molar-refractivity contribution in [2.75, 3.05) is 19.7 Å². The Morgan fingerprint density at radius 2 is 1.90 bits per heavy atom. The van der Waals surface area contributed by atoms with E-state index >= 15 is 0 Å². The van der Waals surface area contributed by atoms with Crippen molar-refractivity contribution in [2.24, 2.45) is 5.92 Å². The number of ether oxygens (including phenoxy) is 1. The number of benzene rings is 1. The molecule has 0 saturated carbocycles. The van der Waals surface area contributed by atoms with Gasteiger partial charge in [-0.25, -0.2) is 0 Å². The highest BCUT2D eigenvalue weighted by atomic mass is 16.5. The predicted molar refractivity (Wildman–Crippen MR) is 71.6 cm³/mol. The lowest BCUT2D eigenvalue weighted by atomic mass is 9.94. The normalized spacial score (nSPS) is 22.2. The monoisotopic (exact) mass is 275 g/mol. The molecule has 5 heteroatoms. The Morgan fingerprint density at radius 1 is 1.20 bits per heavy atom. The van der Waals surface area contributed by atoms with Crippen molar-refractivity contribution in [3.05, 3.63) is 29.8 Å². The first-order chi connectivity index (χ1) is 9.66. The van der Waals surface area contributed by atoms with Gasteiger partial charge in [-0.15, -0.1) is 0 Å². The molecule has 0 aromatic heterocycles. The van der Waals surface area contributed by atoms with Gasteiger partial charge < -0.3 is 14.7 Å². The number of hydrogen-bond acceptors (Lipinski definition) is 3. The molecule has 2 aliphatic heterocycles. The van der Waals surface area contributed by atoms with E-state index in [0.717, 1.165) is 11.3 Å². The standard InChI is InChI=1S/C15H17NO4/c17-14(16-7-5-10(6-8-16)15(18)19)12-9-20-13-4-2-1-3-11(12)13/h1-4,10,12H,5-9H2,(H,18,19)/t12-/m1/s1. The average Bonchev–Trinajstić information content (AvgIpc) is 2.90.